The van der Waals surface area contributed by atoms with E-state index in [0.717, 1.165) is 7.11 Å². The molecule has 0 N–H and O–H groups in total. The predicted octanol–water partition coefficient (Wildman–Crippen LogP) is 2.38. The van der Waals surface area contributed by atoms with Gasteiger partial charge in [0.15, 0.2) is 4.33 Å². The van der Waals surface area contributed by atoms with Crippen molar-refractivity contribution in [3.8, 4) is 0 Å². The fraction of sp³-hybridized carbons (Fsp3) is 0.857. The number of hydrogen-bond acceptors (Lipinski definition) is 2. The molecule has 0 radical (unpaired) electrons. The molecule has 0 aromatic heterocycles. The van der Waals surface area contributed by atoms with Crippen LogP contribution < -0.4 is 0 Å². The normalized spacial score (nSPS) is 34.9. The maximum atomic E-state index is 12.8. The molecule has 1 atom stereocenters. The van der Waals surface area contributed by atoms with Crippen LogP contribution in [0.4, 0.5) is 8.78 Å². The molecule has 1 rings (SSSR count). The maximum Gasteiger partial charge on any atom is 0.315 e. The molecule has 1 unspecified atom stereocenters. The van der Waals surface area contributed by atoms with Crippen LogP contribution in [0.15, 0.2) is 0 Å². The molecule has 0 amide bonds. The highest BCUT2D eigenvalue weighted by Crippen LogP contribution is 2.66. The summed E-state index contributed by atoms with van der Waals surface area (Å²) >= 11 is 10.8. The van der Waals surface area contributed by atoms with Gasteiger partial charge in [0, 0.05) is 6.42 Å². The standard InChI is InChI=1S/C7H8Cl2F2O2/c1-5(4(12)13-2)3-6(10,11)7(5,8)9/h3H2,1-2H3. The fourth-order valence-corrected chi connectivity index (χ4v) is 1.81. The van der Waals surface area contributed by atoms with E-state index < -0.39 is 28.1 Å². The van der Waals surface area contributed by atoms with Gasteiger partial charge in [0.1, 0.15) is 5.41 Å². The summed E-state index contributed by atoms with van der Waals surface area (Å²) in [6.07, 6.45) is -0.681. The van der Waals surface area contributed by atoms with Crippen molar-refractivity contribution in [1.29, 1.82) is 0 Å². The molecule has 0 heterocycles. The summed E-state index contributed by atoms with van der Waals surface area (Å²) in [7, 11) is 1.11. The summed E-state index contributed by atoms with van der Waals surface area (Å²) in [6.45, 7) is 1.26. The highest BCUT2D eigenvalue weighted by Gasteiger charge is 2.77. The van der Waals surface area contributed by atoms with Crippen molar-refractivity contribution < 1.29 is 18.3 Å². The van der Waals surface area contributed by atoms with Crippen LogP contribution in [0.5, 0.6) is 0 Å². The van der Waals surface area contributed by atoms with Gasteiger partial charge in [0.25, 0.3) is 5.92 Å². The fourth-order valence-electron chi connectivity index (χ4n) is 1.39. The Morgan fingerprint density at radius 1 is 1.46 bits per heavy atom. The molecule has 1 aliphatic rings. The summed E-state index contributed by atoms with van der Waals surface area (Å²) in [5.41, 5.74) is -1.52. The lowest BCUT2D eigenvalue weighted by molar-refractivity contribution is -0.197. The van der Waals surface area contributed by atoms with Gasteiger partial charge >= 0.3 is 5.97 Å². The number of ether oxygens (including phenoxy) is 1. The van der Waals surface area contributed by atoms with E-state index in [0.29, 0.717) is 0 Å². The SMILES string of the molecule is COC(=O)C1(C)CC(F)(F)C1(Cl)Cl. The molecule has 2 nitrogen and oxygen atoms in total. The Hall–Kier alpha value is -0.0900. The van der Waals surface area contributed by atoms with Gasteiger partial charge < -0.3 is 4.74 Å². The molecule has 6 heteroatoms. The topological polar surface area (TPSA) is 26.3 Å². The summed E-state index contributed by atoms with van der Waals surface area (Å²) in [6, 6.07) is 0. The second kappa shape index (κ2) is 2.70. The maximum absolute atomic E-state index is 12.8. The Morgan fingerprint density at radius 2 is 1.92 bits per heavy atom. The molecule has 0 spiro atoms. The van der Waals surface area contributed by atoms with Crippen LogP contribution in [0, 0.1) is 5.41 Å². The van der Waals surface area contributed by atoms with Crippen molar-refractivity contribution in [3.63, 3.8) is 0 Å². The minimum atomic E-state index is -3.24. The average Bonchev–Trinajstić information content (AvgIpc) is 2.01. The monoisotopic (exact) mass is 232 g/mol. The number of esters is 1. The van der Waals surface area contributed by atoms with Crippen LogP contribution in [0.1, 0.15) is 13.3 Å². The van der Waals surface area contributed by atoms with E-state index in [2.05, 4.69) is 4.74 Å². The highest BCUT2D eigenvalue weighted by atomic mass is 35.5. The largest absolute Gasteiger partial charge is 0.469 e. The number of rotatable bonds is 1. The lowest BCUT2D eigenvalue weighted by atomic mass is 9.66. The first-order valence-electron chi connectivity index (χ1n) is 3.53. The molecule has 0 aromatic carbocycles. The van der Waals surface area contributed by atoms with Gasteiger partial charge in [-0.3, -0.25) is 4.79 Å². The number of alkyl halides is 4. The highest BCUT2D eigenvalue weighted by molar-refractivity contribution is 6.51. The van der Waals surface area contributed by atoms with E-state index in [1.807, 2.05) is 0 Å². The third-order valence-electron chi connectivity index (χ3n) is 2.36. The molecule has 0 aromatic rings. The van der Waals surface area contributed by atoms with Gasteiger partial charge in [-0.1, -0.05) is 23.2 Å². The van der Waals surface area contributed by atoms with Crippen molar-refractivity contribution in [2.45, 2.75) is 23.6 Å². The second-order valence-corrected chi connectivity index (χ2v) is 4.61. The predicted molar refractivity (Wildman–Crippen MR) is 44.1 cm³/mol. The zero-order chi connectivity index (χ0) is 10.5. The van der Waals surface area contributed by atoms with Crippen LogP contribution >= 0.6 is 23.2 Å². The van der Waals surface area contributed by atoms with Crippen molar-refractivity contribution in [3.05, 3.63) is 0 Å². The van der Waals surface area contributed by atoms with E-state index in [1.54, 1.807) is 0 Å². The molecule has 13 heavy (non-hydrogen) atoms. The van der Waals surface area contributed by atoms with Crippen LogP contribution in [0.3, 0.4) is 0 Å². The number of carbonyl (C=O) groups excluding carboxylic acids is 1. The Labute approximate surface area is 84.1 Å². The molecule has 76 valence electrons. The van der Waals surface area contributed by atoms with Crippen molar-refractivity contribution in [1.82, 2.24) is 0 Å². The lowest BCUT2D eigenvalue weighted by Gasteiger charge is -2.52. The van der Waals surface area contributed by atoms with E-state index >= 15 is 0 Å². The van der Waals surface area contributed by atoms with Crippen LogP contribution in [-0.4, -0.2) is 23.3 Å². The smallest absolute Gasteiger partial charge is 0.315 e. The van der Waals surface area contributed by atoms with E-state index in [1.165, 1.54) is 6.92 Å². The molecular weight excluding hydrogens is 225 g/mol. The van der Waals surface area contributed by atoms with Crippen molar-refractivity contribution in [2.24, 2.45) is 5.41 Å². The summed E-state index contributed by atoms with van der Waals surface area (Å²) in [5, 5.41) is 0. The third kappa shape index (κ3) is 1.15. The minimum absolute atomic E-state index is 0.681. The van der Waals surface area contributed by atoms with Crippen molar-refractivity contribution >= 4 is 29.2 Å². The van der Waals surface area contributed by atoms with Gasteiger partial charge in [0.2, 0.25) is 0 Å². The molecule has 1 fully saturated rings. The first kappa shape index (κ1) is 11.0. The molecule has 1 saturated carbocycles. The Balaban J connectivity index is 2.95. The van der Waals surface area contributed by atoms with Gasteiger partial charge in [-0.25, -0.2) is 8.78 Å². The van der Waals surface area contributed by atoms with E-state index in [9.17, 15) is 13.6 Å². The third-order valence-corrected chi connectivity index (χ3v) is 3.75. The number of hydrogen-bond donors (Lipinski definition) is 0. The molecule has 0 aliphatic heterocycles. The number of halogens is 4. The van der Waals surface area contributed by atoms with Crippen LogP contribution in [-0.2, 0) is 9.53 Å². The molecule has 0 saturated heterocycles. The van der Waals surface area contributed by atoms with Gasteiger partial charge in [-0.05, 0) is 6.92 Å². The minimum Gasteiger partial charge on any atom is -0.469 e. The van der Waals surface area contributed by atoms with Crippen LogP contribution in [0.2, 0.25) is 0 Å². The van der Waals surface area contributed by atoms with E-state index in [-0.39, 0.29) is 0 Å². The lowest BCUT2D eigenvalue weighted by Crippen LogP contribution is -2.67. The Morgan fingerprint density at radius 3 is 2.15 bits per heavy atom. The summed E-state index contributed by atoms with van der Waals surface area (Å²) < 4.78 is 27.6. The molecule has 0 bridgehead atoms. The second-order valence-electron chi connectivity index (χ2n) is 3.28. The summed E-state index contributed by atoms with van der Waals surface area (Å²) in [5.74, 6) is -4.05. The van der Waals surface area contributed by atoms with E-state index in [4.69, 9.17) is 23.2 Å². The van der Waals surface area contributed by atoms with Crippen LogP contribution in [0.25, 0.3) is 0 Å². The zero-order valence-corrected chi connectivity index (χ0v) is 8.55. The quantitative estimate of drug-likeness (QED) is 0.513. The van der Waals surface area contributed by atoms with Crippen molar-refractivity contribution in [2.75, 3.05) is 7.11 Å². The Bertz CT molecular complexity index is 255. The van der Waals surface area contributed by atoms with Gasteiger partial charge in [0.05, 0.1) is 7.11 Å². The van der Waals surface area contributed by atoms with Gasteiger partial charge in [-0.15, -0.1) is 0 Å². The summed E-state index contributed by atoms with van der Waals surface area (Å²) in [4.78, 5) is 11.1. The number of carbonyl (C=O) groups is 1. The zero-order valence-electron chi connectivity index (χ0n) is 7.04. The van der Waals surface area contributed by atoms with Gasteiger partial charge in [-0.2, -0.15) is 0 Å². The first-order chi connectivity index (χ1) is 5.69. The molecule has 1 aliphatic carbocycles. The first-order valence-corrected chi connectivity index (χ1v) is 4.29. The molecular formula is C7H8Cl2F2O2. The average molecular weight is 233 g/mol. The number of methoxy groups -OCH3 is 1. The Kier molecular flexibility index (Phi) is 2.28.